The lowest BCUT2D eigenvalue weighted by molar-refractivity contribution is -0.119. The van der Waals surface area contributed by atoms with Crippen molar-refractivity contribution in [1.82, 2.24) is 0 Å². The molecule has 33 heavy (non-hydrogen) atoms. The lowest BCUT2D eigenvalue weighted by atomic mass is 9.96. The molecule has 3 rings (SSSR count). The van der Waals surface area contributed by atoms with Crippen molar-refractivity contribution in [1.29, 1.82) is 5.26 Å². The summed E-state index contributed by atoms with van der Waals surface area (Å²) in [7, 11) is 0. The number of thiophene rings is 1. The molecule has 1 aromatic carbocycles. The highest BCUT2D eigenvalue weighted by atomic mass is 32.1. The number of anilines is 1. The van der Waals surface area contributed by atoms with Crippen molar-refractivity contribution in [2.75, 3.05) is 31.7 Å². The van der Waals surface area contributed by atoms with E-state index in [0.717, 1.165) is 36.1 Å². The van der Waals surface area contributed by atoms with Gasteiger partial charge in [-0.05, 0) is 64.2 Å². The first-order chi connectivity index (χ1) is 16.0. The fourth-order valence-electron chi connectivity index (χ4n) is 3.66. The zero-order valence-corrected chi connectivity index (χ0v) is 19.9. The fraction of sp³-hybridized carbons (Fsp3) is 0.458. The smallest absolute Gasteiger partial charge is 0.338 e. The third kappa shape index (κ3) is 5.76. The number of hydrogen-bond donors (Lipinski definition) is 1. The summed E-state index contributed by atoms with van der Waals surface area (Å²) in [6.45, 7) is 6.16. The molecule has 0 aliphatic heterocycles. The van der Waals surface area contributed by atoms with Crippen LogP contribution in [0.2, 0.25) is 0 Å². The van der Waals surface area contributed by atoms with Crippen molar-refractivity contribution in [2.24, 2.45) is 0 Å². The van der Waals surface area contributed by atoms with Gasteiger partial charge in [0.2, 0.25) is 5.75 Å². The molecule has 1 aliphatic rings. The molecule has 176 valence electrons. The third-order valence-electron chi connectivity index (χ3n) is 5.02. The number of hydrogen-bond acceptors (Lipinski definition) is 8. The number of esters is 1. The molecule has 0 saturated heterocycles. The predicted molar refractivity (Wildman–Crippen MR) is 125 cm³/mol. The Morgan fingerprint density at radius 2 is 1.67 bits per heavy atom. The third-order valence-corrected chi connectivity index (χ3v) is 6.22. The molecule has 0 fully saturated rings. The second-order valence-electron chi connectivity index (χ2n) is 7.25. The van der Waals surface area contributed by atoms with Crippen LogP contribution in [0.25, 0.3) is 0 Å². The number of benzene rings is 1. The van der Waals surface area contributed by atoms with Crippen molar-refractivity contribution in [3.05, 3.63) is 33.7 Å². The first-order valence-corrected chi connectivity index (χ1v) is 11.9. The topological polar surface area (TPSA) is 107 Å². The Bertz CT molecular complexity index is 1030. The minimum absolute atomic E-state index is 0.183. The Hall–Kier alpha value is -3.25. The minimum Gasteiger partial charge on any atom is -0.490 e. The van der Waals surface area contributed by atoms with Gasteiger partial charge in [0.25, 0.3) is 5.91 Å². The zero-order chi connectivity index (χ0) is 23.8. The van der Waals surface area contributed by atoms with E-state index in [4.69, 9.17) is 18.9 Å². The van der Waals surface area contributed by atoms with E-state index < -0.39 is 18.5 Å². The summed E-state index contributed by atoms with van der Waals surface area (Å²) < 4.78 is 22.1. The van der Waals surface area contributed by atoms with Gasteiger partial charge >= 0.3 is 5.97 Å². The van der Waals surface area contributed by atoms with Gasteiger partial charge in [-0.15, -0.1) is 11.3 Å². The van der Waals surface area contributed by atoms with Crippen LogP contribution in [0.3, 0.4) is 0 Å². The van der Waals surface area contributed by atoms with Crippen molar-refractivity contribution in [3.63, 3.8) is 0 Å². The minimum atomic E-state index is -0.693. The molecule has 0 spiro atoms. The van der Waals surface area contributed by atoms with E-state index in [1.807, 2.05) is 20.8 Å². The standard InChI is InChI=1S/C24H28N2O6S/c1-4-29-18-11-15(12-19(30-5-2)22(18)31-6-3)24(28)32-14-21(27)26-23-17(13-25)16-9-7-8-10-20(16)33-23/h11-12H,4-10,14H2,1-3H3,(H,26,27). The molecule has 0 saturated carbocycles. The fourth-order valence-corrected chi connectivity index (χ4v) is 4.91. The first-order valence-electron chi connectivity index (χ1n) is 11.1. The maximum absolute atomic E-state index is 12.7. The molecule has 0 unspecified atom stereocenters. The van der Waals surface area contributed by atoms with E-state index in [0.29, 0.717) is 47.6 Å². The normalized spacial score (nSPS) is 12.3. The molecule has 0 radical (unpaired) electrons. The summed E-state index contributed by atoms with van der Waals surface area (Å²) in [5, 5.41) is 12.8. The summed E-state index contributed by atoms with van der Waals surface area (Å²) in [4.78, 5) is 26.3. The van der Waals surface area contributed by atoms with Crippen LogP contribution in [0, 0.1) is 11.3 Å². The van der Waals surface area contributed by atoms with Gasteiger partial charge in [-0.25, -0.2) is 4.79 Å². The average Bonchev–Trinajstić information content (AvgIpc) is 3.16. The molecular formula is C24H28N2O6S. The summed E-state index contributed by atoms with van der Waals surface area (Å²) in [6.07, 6.45) is 3.89. The highest BCUT2D eigenvalue weighted by Gasteiger charge is 2.23. The van der Waals surface area contributed by atoms with Crippen LogP contribution in [-0.2, 0) is 22.4 Å². The van der Waals surface area contributed by atoms with Gasteiger partial charge in [-0.1, -0.05) is 0 Å². The Morgan fingerprint density at radius 1 is 1.03 bits per heavy atom. The molecule has 1 heterocycles. The summed E-state index contributed by atoms with van der Waals surface area (Å²) in [6, 6.07) is 5.22. The highest BCUT2D eigenvalue weighted by molar-refractivity contribution is 7.16. The van der Waals surface area contributed by atoms with E-state index >= 15 is 0 Å². The van der Waals surface area contributed by atoms with Gasteiger partial charge < -0.3 is 24.3 Å². The number of nitrogens with zero attached hydrogens (tertiary/aromatic N) is 1. The number of ether oxygens (including phenoxy) is 4. The zero-order valence-electron chi connectivity index (χ0n) is 19.1. The lowest BCUT2D eigenvalue weighted by Gasteiger charge is -2.16. The molecule has 8 nitrogen and oxygen atoms in total. The Morgan fingerprint density at radius 3 is 2.27 bits per heavy atom. The van der Waals surface area contributed by atoms with Crippen LogP contribution in [-0.4, -0.2) is 38.3 Å². The van der Waals surface area contributed by atoms with Crippen LogP contribution in [0.5, 0.6) is 17.2 Å². The summed E-state index contributed by atoms with van der Waals surface area (Å²) in [5.41, 5.74) is 1.73. The van der Waals surface area contributed by atoms with Gasteiger partial charge in [0.15, 0.2) is 18.1 Å². The highest BCUT2D eigenvalue weighted by Crippen LogP contribution is 2.40. The largest absolute Gasteiger partial charge is 0.490 e. The van der Waals surface area contributed by atoms with Crippen molar-refractivity contribution in [3.8, 4) is 23.3 Å². The van der Waals surface area contributed by atoms with E-state index in [2.05, 4.69) is 11.4 Å². The van der Waals surface area contributed by atoms with Crippen LogP contribution in [0.4, 0.5) is 5.00 Å². The number of carbonyl (C=O) groups is 2. The van der Waals surface area contributed by atoms with Gasteiger partial charge in [-0.2, -0.15) is 5.26 Å². The molecule has 9 heteroatoms. The van der Waals surface area contributed by atoms with E-state index in [9.17, 15) is 14.9 Å². The second-order valence-corrected chi connectivity index (χ2v) is 8.36. The monoisotopic (exact) mass is 472 g/mol. The molecule has 1 aliphatic carbocycles. The van der Waals surface area contributed by atoms with Crippen LogP contribution < -0.4 is 19.5 Å². The lowest BCUT2D eigenvalue weighted by Crippen LogP contribution is -2.21. The molecule has 2 aromatic rings. The number of amides is 1. The number of carbonyl (C=O) groups excluding carboxylic acids is 2. The molecular weight excluding hydrogens is 444 g/mol. The number of rotatable bonds is 10. The van der Waals surface area contributed by atoms with Crippen molar-refractivity contribution >= 4 is 28.2 Å². The average molecular weight is 473 g/mol. The van der Waals surface area contributed by atoms with Gasteiger partial charge in [0.1, 0.15) is 11.1 Å². The van der Waals surface area contributed by atoms with Gasteiger partial charge in [0.05, 0.1) is 30.9 Å². The summed E-state index contributed by atoms with van der Waals surface area (Å²) in [5.74, 6) is -0.0456. The number of nitriles is 1. The SMILES string of the molecule is CCOc1cc(C(=O)OCC(=O)Nc2sc3c(c2C#N)CCCC3)cc(OCC)c1OCC. The number of nitrogens with one attached hydrogen (secondary N) is 1. The van der Waals surface area contributed by atoms with Crippen LogP contribution in [0.15, 0.2) is 12.1 Å². The van der Waals surface area contributed by atoms with E-state index in [1.54, 1.807) is 0 Å². The van der Waals surface area contributed by atoms with E-state index in [1.165, 1.54) is 23.5 Å². The molecule has 0 bridgehead atoms. The Kier molecular flexibility index (Phi) is 8.55. The van der Waals surface area contributed by atoms with Crippen molar-refractivity contribution in [2.45, 2.75) is 46.5 Å². The predicted octanol–water partition coefficient (Wildman–Crippen LogP) is 4.49. The van der Waals surface area contributed by atoms with Crippen molar-refractivity contribution < 1.29 is 28.5 Å². The Balaban J connectivity index is 1.71. The number of aryl methyl sites for hydroxylation is 1. The van der Waals surface area contributed by atoms with Gasteiger partial charge in [0, 0.05) is 4.88 Å². The molecule has 0 atom stereocenters. The van der Waals surface area contributed by atoms with E-state index in [-0.39, 0.29) is 5.56 Å². The maximum Gasteiger partial charge on any atom is 0.338 e. The molecule has 1 N–H and O–H groups in total. The summed E-state index contributed by atoms with van der Waals surface area (Å²) >= 11 is 1.42. The number of fused-ring (bicyclic) bond motifs is 1. The quantitative estimate of drug-likeness (QED) is 0.508. The molecule has 1 aromatic heterocycles. The molecule has 1 amide bonds. The Labute approximate surface area is 197 Å². The first kappa shape index (κ1) is 24.4. The second kappa shape index (κ2) is 11.6. The van der Waals surface area contributed by atoms with Crippen LogP contribution >= 0.6 is 11.3 Å². The van der Waals surface area contributed by atoms with Crippen LogP contribution in [0.1, 0.15) is 60.0 Å². The van der Waals surface area contributed by atoms with Gasteiger partial charge in [-0.3, -0.25) is 4.79 Å². The maximum atomic E-state index is 12.7.